The zero-order valence-corrected chi connectivity index (χ0v) is 21.0. The van der Waals surface area contributed by atoms with E-state index >= 15 is 0 Å². The topological polar surface area (TPSA) is 47.8 Å². The van der Waals surface area contributed by atoms with Crippen LogP contribution in [0.15, 0.2) is 67.1 Å². The molecule has 0 aliphatic heterocycles. The molecule has 3 aromatic heterocycles. The first kappa shape index (κ1) is 27.4. The molecule has 0 radical (unpaired) electrons. The minimum absolute atomic E-state index is 0.0123. The molecule has 0 amide bonds. The van der Waals surface area contributed by atoms with Crippen LogP contribution in [0.25, 0.3) is 17.2 Å². The zero-order valence-electron chi connectivity index (χ0n) is 21.0. The Morgan fingerprint density at radius 3 is 2.48 bits per heavy atom. The third-order valence-corrected chi connectivity index (χ3v) is 6.80. The van der Waals surface area contributed by atoms with Crippen LogP contribution < -0.4 is 0 Å². The van der Waals surface area contributed by atoms with Crippen molar-refractivity contribution in [1.82, 2.24) is 14.5 Å². The van der Waals surface area contributed by atoms with Crippen LogP contribution in [0, 0.1) is 11.6 Å². The lowest BCUT2D eigenvalue weighted by molar-refractivity contribution is -0.120. The second-order valence-corrected chi connectivity index (χ2v) is 9.65. The quantitative estimate of drug-likeness (QED) is 0.189. The lowest BCUT2D eigenvalue weighted by Crippen LogP contribution is -2.18. The van der Waals surface area contributed by atoms with E-state index in [4.69, 9.17) is 0 Å². The maximum absolute atomic E-state index is 14.0. The Kier molecular flexibility index (Phi) is 7.86. The summed E-state index contributed by atoms with van der Waals surface area (Å²) in [6.45, 7) is -0.576. The molecule has 1 aromatic carbocycles. The highest BCUT2D eigenvalue weighted by atomic mass is 19.3. The van der Waals surface area contributed by atoms with Crippen molar-refractivity contribution < 1.29 is 31.1 Å². The molecular formula is C30H23F6N3O. The van der Waals surface area contributed by atoms with E-state index in [0.717, 1.165) is 45.8 Å². The fourth-order valence-electron chi connectivity index (χ4n) is 5.05. The van der Waals surface area contributed by atoms with Crippen molar-refractivity contribution in [2.75, 3.05) is 0 Å². The molecule has 206 valence electrons. The lowest BCUT2D eigenvalue weighted by Gasteiger charge is -2.20. The molecule has 0 spiro atoms. The second kappa shape index (κ2) is 11.5. The molecule has 40 heavy (non-hydrogen) atoms. The van der Waals surface area contributed by atoms with Gasteiger partial charge in [-0.1, -0.05) is 18.2 Å². The fraction of sp³-hybridized carbons (Fsp3) is 0.233. The SMILES string of the molecule is O=C(C[C@@H](Cc1cc(F)cc(F)c1)c1ncccc1-c1cnc2c(c1)C=CC2)Cn1cc(C(F)F)cc1C(F)F. The molecular weight excluding hydrogens is 532 g/mol. The number of pyridine rings is 2. The van der Waals surface area contributed by atoms with E-state index in [9.17, 15) is 31.1 Å². The molecule has 10 heteroatoms. The number of carbonyl (C=O) groups is 1. The second-order valence-electron chi connectivity index (χ2n) is 9.65. The summed E-state index contributed by atoms with van der Waals surface area (Å²) in [4.78, 5) is 22.2. The van der Waals surface area contributed by atoms with Gasteiger partial charge in [-0.15, -0.1) is 0 Å². The molecule has 0 N–H and O–H groups in total. The van der Waals surface area contributed by atoms with E-state index in [-0.39, 0.29) is 18.4 Å². The van der Waals surface area contributed by atoms with Crippen LogP contribution in [0.3, 0.4) is 0 Å². The molecule has 4 aromatic rings. The third-order valence-electron chi connectivity index (χ3n) is 6.80. The molecule has 1 atom stereocenters. The Morgan fingerprint density at radius 1 is 0.975 bits per heavy atom. The van der Waals surface area contributed by atoms with Crippen molar-refractivity contribution in [3.63, 3.8) is 0 Å². The van der Waals surface area contributed by atoms with Crippen molar-refractivity contribution >= 4 is 11.9 Å². The summed E-state index contributed by atoms with van der Waals surface area (Å²) < 4.78 is 82.2. The van der Waals surface area contributed by atoms with Crippen LogP contribution in [0.4, 0.5) is 26.3 Å². The van der Waals surface area contributed by atoms with Gasteiger partial charge in [0.05, 0.1) is 23.6 Å². The molecule has 1 aliphatic carbocycles. The number of hydrogen-bond donors (Lipinski definition) is 0. The monoisotopic (exact) mass is 555 g/mol. The largest absolute Gasteiger partial charge is 0.339 e. The summed E-state index contributed by atoms with van der Waals surface area (Å²) in [6, 6.07) is 9.17. The predicted octanol–water partition coefficient (Wildman–Crippen LogP) is 7.65. The van der Waals surface area contributed by atoms with E-state index in [1.54, 1.807) is 18.3 Å². The van der Waals surface area contributed by atoms with Gasteiger partial charge >= 0.3 is 0 Å². The Morgan fingerprint density at radius 2 is 1.75 bits per heavy atom. The summed E-state index contributed by atoms with van der Waals surface area (Å²) >= 11 is 0. The zero-order chi connectivity index (χ0) is 28.4. The van der Waals surface area contributed by atoms with Gasteiger partial charge in [-0.25, -0.2) is 26.3 Å². The van der Waals surface area contributed by atoms with Crippen LogP contribution in [-0.2, 0) is 24.2 Å². The summed E-state index contributed by atoms with van der Waals surface area (Å²) in [5.74, 6) is -2.82. The van der Waals surface area contributed by atoms with Gasteiger partial charge in [0.15, 0.2) is 5.78 Å². The van der Waals surface area contributed by atoms with Crippen molar-refractivity contribution in [1.29, 1.82) is 0 Å². The number of allylic oxidation sites excluding steroid dienone is 1. The summed E-state index contributed by atoms with van der Waals surface area (Å²) in [5.41, 5.74) is 2.67. The Hall–Kier alpha value is -4.21. The summed E-state index contributed by atoms with van der Waals surface area (Å²) in [6.07, 6.45) is 2.44. The average molecular weight is 556 g/mol. The summed E-state index contributed by atoms with van der Waals surface area (Å²) in [5, 5.41) is 0. The first-order chi connectivity index (χ1) is 19.2. The third kappa shape index (κ3) is 6.00. The minimum atomic E-state index is -3.06. The molecule has 0 fully saturated rings. The van der Waals surface area contributed by atoms with Gasteiger partial charge in [0.2, 0.25) is 0 Å². The molecule has 0 saturated heterocycles. The molecule has 3 heterocycles. The Balaban J connectivity index is 1.50. The highest BCUT2D eigenvalue weighted by Crippen LogP contribution is 2.34. The first-order valence-corrected chi connectivity index (χ1v) is 12.5. The Labute approximate surface area is 226 Å². The van der Waals surface area contributed by atoms with Crippen molar-refractivity contribution in [3.8, 4) is 11.1 Å². The van der Waals surface area contributed by atoms with Crippen molar-refractivity contribution in [2.24, 2.45) is 0 Å². The van der Waals surface area contributed by atoms with Crippen molar-refractivity contribution in [2.45, 2.75) is 44.6 Å². The number of Topliss-reactive ketones (excluding diaryl/α,β-unsaturated/α-hetero) is 1. The van der Waals surface area contributed by atoms with E-state index in [0.29, 0.717) is 23.7 Å². The van der Waals surface area contributed by atoms with Gasteiger partial charge in [0.1, 0.15) is 11.6 Å². The van der Waals surface area contributed by atoms with Crippen LogP contribution >= 0.6 is 0 Å². The van der Waals surface area contributed by atoms with Crippen LogP contribution in [0.5, 0.6) is 0 Å². The summed E-state index contributed by atoms with van der Waals surface area (Å²) in [7, 11) is 0. The number of halogens is 6. The highest BCUT2D eigenvalue weighted by Gasteiger charge is 2.25. The van der Waals surface area contributed by atoms with Gasteiger partial charge in [0.25, 0.3) is 12.9 Å². The number of ketones is 1. The van der Waals surface area contributed by atoms with Crippen LogP contribution in [-0.4, -0.2) is 20.3 Å². The van der Waals surface area contributed by atoms with Gasteiger partial charge in [0, 0.05) is 60.1 Å². The molecule has 0 bridgehead atoms. The number of carbonyl (C=O) groups excluding carboxylic acids is 1. The number of alkyl halides is 4. The van der Waals surface area contributed by atoms with E-state index < -0.39 is 54.0 Å². The first-order valence-electron chi connectivity index (χ1n) is 12.5. The fourth-order valence-corrected chi connectivity index (χ4v) is 5.05. The number of fused-ring (bicyclic) bond motifs is 1. The highest BCUT2D eigenvalue weighted by molar-refractivity contribution is 5.80. The smallest absolute Gasteiger partial charge is 0.278 e. The molecule has 5 rings (SSSR count). The molecule has 4 nitrogen and oxygen atoms in total. The van der Waals surface area contributed by atoms with Gasteiger partial charge in [-0.2, -0.15) is 0 Å². The van der Waals surface area contributed by atoms with Crippen LogP contribution in [0.1, 0.15) is 59.0 Å². The number of aromatic nitrogens is 3. The number of benzene rings is 1. The van der Waals surface area contributed by atoms with E-state index in [1.807, 2.05) is 18.2 Å². The number of rotatable bonds is 10. The molecule has 0 unspecified atom stereocenters. The van der Waals surface area contributed by atoms with Crippen LogP contribution in [0.2, 0.25) is 0 Å². The van der Waals surface area contributed by atoms with E-state index in [1.165, 1.54) is 6.20 Å². The van der Waals surface area contributed by atoms with E-state index in [2.05, 4.69) is 9.97 Å². The maximum Gasteiger partial charge on any atom is 0.278 e. The van der Waals surface area contributed by atoms with Crippen molar-refractivity contribution in [3.05, 3.63) is 113 Å². The predicted molar refractivity (Wildman–Crippen MR) is 137 cm³/mol. The van der Waals surface area contributed by atoms with Gasteiger partial charge in [-0.3, -0.25) is 14.8 Å². The van der Waals surface area contributed by atoms with Gasteiger partial charge < -0.3 is 4.57 Å². The molecule has 1 aliphatic rings. The normalized spacial score (nSPS) is 13.3. The van der Waals surface area contributed by atoms with Gasteiger partial charge in [-0.05, 0) is 47.9 Å². The average Bonchev–Trinajstić information content (AvgIpc) is 3.54. The molecule has 0 saturated carbocycles. The lowest BCUT2D eigenvalue weighted by atomic mass is 9.87. The maximum atomic E-state index is 14.0. The minimum Gasteiger partial charge on any atom is -0.339 e. The number of nitrogens with zero attached hydrogens (tertiary/aromatic N) is 3. The standard InChI is InChI=1S/C30H23F6N3O/c31-22-8-17(9-23(32)13-22)7-19(11-24(40)16-39-15-21(29(33)34)12-27(39)30(35)36)28-25(4-2-6-37-28)20-10-18-3-1-5-26(18)38-14-20/h1-4,6,8-10,12-15,19,29-30H,5,7,11,16H2/t19-/m1/s1. The Bertz CT molecular complexity index is 1560. The number of hydrogen-bond acceptors (Lipinski definition) is 3.